The van der Waals surface area contributed by atoms with Gasteiger partial charge < -0.3 is 21.1 Å². The molecule has 180 valence electrons. The molecular weight excluding hydrogens is 448 g/mol. The molecule has 0 spiro atoms. The number of amides is 3. The largest absolute Gasteiger partial charge is 0.385 e. The van der Waals surface area contributed by atoms with Crippen LogP contribution in [0.15, 0.2) is 55.0 Å². The molecule has 11 nitrogen and oxygen atoms in total. The summed E-state index contributed by atoms with van der Waals surface area (Å²) >= 11 is 0. The van der Waals surface area contributed by atoms with E-state index in [0.717, 1.165) is 11.3 Å². The van der Waals surface area contributed by atoms with Gasteiger partial charge in [0.2, 0.25) is 0 Å². The summed E-state index contributed by atoms with van der Waals surface area (Å²) in [5.74, 6) is 0.449. The van der Waals surface area contributed by atoms with Gasteiger partial charge in [-0.15, -0.1) is 0 Å². The number of fused-ring (bicyclic) bond motifs is 1. The minimum absolute atomic E-state index is 0.251. The molecule has 3 amide bonds. The summed E-state index contributed by atoms with van der Waals surface area (Å²) in [5.41, 5.74) is 9.77. The van der Waals surface area contributed by atoms with E-state index in [-0.39, 0.29) is 11.7 Å². The Balaban J connectivity index is 1.57. The van der Waals surface area contributed by atoms with Crippen LogP contribution in [0.1, 0.15) is 22.5 Å². The topological polar surface area (TPSA) is 149 Å². The van der Waals surface area contributed by atoms with Gasteiger partial charge in [0, 0.05) is 43.4 Å². The summed E-state index contributed by atoms with van der Waals surface area (Å²) in [7, 11) is 1.61. The van der Waals surface area contributed by atoms with Crippen LogP contribution in [0.25, 0.3) is 16.6 Å². The van der Waals surface area contributed by atoms with Gasteiger partial charge in [0.05, 0.1) is 5.56 Å². The molecule has 0 radical (unpaired) electrons. The number of ether oxygens (including phenoxy) is 1. The molecule has 0 fully saturated rings. The van der Waals surface area contributed by atoms with Crippen molar-refractivity contribution in [1.82, 2.24) is 24.9 Å². The molecular formula is C24H26N8O3. The molecule has 0 aliphatic rings. The molecule has 0 aliphatic heterocycles. The third-order valence-electron chi connectivity index (χ3n) is 5.22. The zero-order valence-corrected chi connectivity index (χ0v) is 19.4. The first-order chi connectivity index (χ1) is 17.0. The number of hydrogen-bond acceptors (Lipinski definition) is 7. The summed E-state index contributed by atoms with van der Waals surface area (Å²) in [5, 5.41) is 12.6. The van der Waals surface area contributed by atoms with E-state index in [9.17, 15) is 9.59 Å². The van der Waals surface area contributed by atoms with Gasteiger partial charge in [-0.25, -0.2) is 19.3 Å². The number of nitrogen functional groups attached to an aromatic ring is 1. The molecule has 35 heavy (non-hydrogen) atoms. The van der Waals surface area contributed by atoms with Crippen molar-refractivity contribution in [2.24, 2.45) is 0 Å². The van der Waals surface area contributed by atoms with Crippen molar-refractivity contribution in [3.8, 4) is 11.1 Å². The van der Waals surface area contributed by atoms with Crippen LogP contribution >= 0.6 is 0 Å². The Morgan fingerprint density at radius 1 is 1.11 bits per heavy atom. The summed E-state index contributed by atoms with van der Waals surface area (Å²) in [6.45, 7) is 2.86. The highest BCUT2D eigenvalue weighted by molar-refractivity contribution is 6.07. The number of pyridine rings is 1. The van der Waals surface area contributed by atoms with Crippen LogP contribution in [0.5, 0.6) is 0 Å². The Morgan fingerprint density at radius 2 is 1.91 bits per heavy atom. The molecule has 4 aromatic rings. The molecule has 0 saturated carbocycles. The van der Waals surface area contributed by atoms with E-state index in [1.807, 2.05) is 19.1 Å². The highest BCUT2D eigenvalue weighted by Crippen LogP contribution is 2.33. The van der Waals surface area contributed by atoms with Gasteiger partial charge >= 0.3 is 6.03 Å². The predicted octanol–water partition coefficient (Wildman–Crippen LogP) is 3.09. The fourth-order valence-corrected chi connectivity index (χ4v) is 3.62. The van der Waals surface area contributed by atoms with Crippen molar-refractivity contribution in [2.75, 3.05) is 36.6 Å². The number of aromatic nitrogens is 4. The maximum atomic E-state index is 13.0. The predicted molar refractivity (Wildman–Crippen MR) is 133 cm³/mol. The number of carbonyl (C=O) groups excluding carboxylic acids is 2. The third-order valence-corrected chi connectivity index (χ3v) is 5.22. The SMILES string of the molecule is COCCCNC(=O)c1cn2ncnc(N)c2c1-c1ccc(NC(=O)Nc2cccc(C)n2)cc1. The van der Waals surface area contributed by atoms with Crippen molar-refractivity contribution >= 4 is 34.8 Å². The third kappa shape index (κ3) is 5.53. The summed E-state index contributed by atoms with van der Waals surface area (Å²) in [4.78, 5) is 33.7. The van der Waals surface area contributed by atoms with E-state index in [1.165, 1.54) is 10.8 Å². The highest BCUT2D eigenvalue weighted by atomic mass is 16.5. The molecule has 4 rings (SSSR count). The lowest BCUT2D eigenvalue weighted by molar-refractivity contribution is 0.0949. The summed E-state index contributed by atoms with van der Waals surface area (Å²) < 4.78 is 6.57. The maximum absolute atomic E-state index is 13.0. The molecule has 0 aliphatic carbocycles. The number of methoxy groups -OCH3 is 1. The number of nitrogens with two attached hydrogens (primary N) is 1. The smallest absolute Gasteiger partial charge is 0.324 e. The maximum Gasteiger partial charge on any atom is 0.324 e. The van der Waals surface area contributed by atoms with Crippen LogP contribution in [-0.4, -0.2) is 51.8 Å². The number of anilines is 3. The molecule has 0 bridgehead atoms. The van der Waals surface area contributed by atoms with Gasteiger partial charge in [-0.3, -0.25) is 10.1 Å². The lowest BCUT2D eigenvalue weighted by Gasteiger charge is -2.10. The first-order valence-corrected chi connectivity index (χ1v) is 11.0. The Kier molecular flexibility index (Phi) is 7.17. The molecule has 11 heteroatoms. The Morgan fingerprint density at radius 3 is 2.66 bits per heavy atom. The van der Waals surface area contributed by atoms with Gasteiger partial charge in [-0.2, -0.15) is 5.10 Å². The zero-order chi connectivity index (χ0) is 24.8. The Bertz CT molecular complexity index is 1350. The van der Waals surface area contributed by atoms with Crippen molar-refractivity contribution < 1.29 is 14.3 Å². The minimum Gasteiger partial charge on any atom is -0.385 e. The molecule has 0 saturated heterocycles. The van der Waals surface area contributed by atoms with E-state index in [4.69, 9.17) is 10.5 Å². The van der Waals surface area contributed by atoms with Crippen LogP contribution in [0.4, 0.5) is 22.1 Å². The number of nitrogens with one attached hydrogen (secondary N) is 3. The first kappa shape index (κ1) is 23.6. The van der Waals surface area contributed by atoms with E-state index in [0.29, 0.717) is 47.7 Å². The van der Waals surface area contributed by atoms with Crippen molar-refractivity contribution in [3.63, 3.8) is 0 Å². The van der Waals surface area contributed by atoms with Crippen LogP contribution in [-0.2, 0) is 4.74 Å². The molecule has 1 aromatic carbocycles. The van der Waals surface area contributed by atoms with Crippen LogP contribution < -0.4 is 21.7 Å². The molecule has 0 atom stereocenters. The lowest BCUT2D eigenvalue weighted by atomic mass is 10.0. The van der Waals surface area contributed by atoms with E-state index < -0.39 is 6.03 Å². The molecule has 5 N–H and O–H groups in total. The number of benzene rings is 1. The van der Waals surface area contributed by atoms with Gasteiger partial charge in [0.15, 0.2) is 5.82 Å². The van der Waals surface area contributed by atoms with Gasteiger partial charge in [-0.1, -0.05) is 18.2 Å². The average Bonchev–Trinajstić information content (AvgIpc) is 3.23. The molecule has 3 aromatic heterocycles. The van der Waals surface area contributed by atoms with Crippen LogP contribution in [0.3, 0.4) is 0 Å². The number of carbonyl (C=O) groups is 2. The number of nitrogens with zero attached hydrogens (tertiary/aromatic N) is 4. The van der Waals surface area contributed by atoms with E-state index in [1.54, 1.807) is 43.6 Å². The van der Waals surface area contributed by atoms with Gasteiger partial charge in [-0.05, 0) is 43.2 Å². The second kappa shape index (κ2) is 10.6. The highest BCUT2D eigenvalue weighted by Gasteiger charge is 2.21. The Labute approximate surface area is 201 Å². The second-order valence-electron chi connectivity index (χ2n) is 7.78. The van der Waals surface area contributed by atoms with Crippen LogP contribution in [0.2, 0.25) is 0 Å². The summed E-state index contributed by atoms with van der Waals surface area (Å²) in [6.07, 6.45) is 3.65. The fourth-order valence-electron chi connectivity index (χ4n) is 3.62. The zero-order valence-electron chi connectivity index (χ0n) is 19.4. The molecule has 0 unspecified atom stereocenters. The van der Waals surface area contributed by atoms with Gasteiger partial charge in [0.1, 0.15) is 17.7 Å². The number of urea groups is 1. The number of hydrogen-bond donors (Lipinski definition) is 4. The standard InChI is InChI=1S/C24H26N8O3/c1-15-5-3-6-19(29-15)31-24(34)30-17-9-7-16(8-10-17)20-18(23(33)26-11-4-12-35-2)13-32-21(20)22(25)27-14-28-32/h3,5-10,13-14H,4,11-12H2,1-2H3,(H,26,33)(H2,25,27,28)(H2,29,30,31,34). The first-order valence-electron chi connectivity index (χ1n) is 11.0. The summed E-state index contributed by atoms with van der Waals surface area (Å²) in [6, 6.07) is 12.0. The van der Waals surface area contributed by atoms with Crippen molar-refractivity contribution in [2.45, 2.75) is 13.3 Å². The van der Waals surface area contributed by atoms with Crippen LogP contribution in [0, 0.1) is 6.92 Å². The van der Waals surface area contributed by atoms with Gasteiger partial charge in [0.25, 0.3) is 5.91 Å². The second-order valence-corrected chi connectivity index (χ2v) is 7.78. The number of aryl methyl sites for hydroxylation is 1. The number of rotatable bonds is 8. The Hall–Kier alpha value is -4.51. The monoisotopic (exact) mass is 474 g/mol. The quantitative estimate of drug-likeness (QED) is 0.287. The van der Waals surface area contributed by atoms with Crippen molar-refractivity contribution in [3.05, 3.63) is 66.2 Å². The fraction of sp³-hybridized carbons (Fsp3) is 0.208. The molecule has 3 heterocycles. The normalized spacial score (nSPS) is 10.8. The minimum atomic E-state index is -0.418. The average molecular weight is 475 g/mol. The van der Waals surface area contributed by atoms with Crippen molar-refractivity contribution in [1.29, 1.82) is 0 Å². The lowest BCUT2D eigenvalue weighted by Crippen LogP contribution is -2.25. The van der Waals surface area contributed by atoms with E-state index in [2.05, 4.69) is 31.0 Å². The van der Waals surface area contributed by atoms with E-state index >= 15 is 0 Å².